The Bertz CT molecular complexity index is 2080. The van der Waals surface area contributed by atoms with Crippen LogP contribution in [0.25, 0.3) is 33.3 Å². The number of thioether (sulfide) groups is 1. The number of ether oxygens (including phenoxy) is 2. The standard InChI is InChI=1S/C28H22N6O5S/c1-15-8-11-22(38-2)21(12-15)33-25(36)18-6-4-5-7-20(18)34-27(33)31-32-28(34)40-14-23-29-19-13-16(26(37)39-3)9-10-17(19)24(35)30-23/h4-13H,14H2,1-3H3,(H,29,30,35). The number of rotatable bonds is 6. The molecule has 6 aromatic rings. The van der Waals surface area contributed by atoms with Crippen molar-refractivity contribution in [2.75, 3.05) is 14.2 Å². The zero-order valence-corrected chi connectivity index (χ0v) is 22.5. The molecule has 0 unspecified atom stereocenters. The highest BCUT2D eigenvalue weighted by Crippen LogP contribution is 2.28. The van der Waals surface area contributed by atoms with E-state index < -0.39 is 5.97 Å². The number of aromatic amines is 1. The molecule has 6 rings (SSSR count). The van der Waals surface area contributed by atoms with Crippen LogP contribution < -0.4 is 15.9 Å². The van der Waals surface area contributed by atoms with Crippen molar-refractivity contribution in [1.29, 1.82) is 0 Å². The van der Waals surface area contributed by atoms with Gasteiger partial charge >= 0.3 is 5.97 Å². The molecular formula is C28H22N6O5S. The van der Waals surface area contributed by atoms with Gasteiger partial charge in [0.2, 0.25) is 5.78 Å². The summed E-state index contributed by atoms with van der Waals surface area (Å²) < 4.78 is 13.6. The Morgan fingerprint density at radius 3 is 2.62 bits per heavy atom. The molecule has 40 heavy (non-hydrogen) atoms. The molecule has 3 aromatic carbocycles. The van der Waals surface area contributed by atoms with Crippen LogP contribution in [-0.4, -0.2) is 49.3 Å². The van der Waals surface area contributed by atoms with Crippen LogP contribution in [-0.2, 0) is 10.5 Å². The van der Waals surface area contributed by atoms with Crippen molar-refractivity contribution in [2.45, 2.75) is 17.8 Å². The van der Waals surface area contributed by atoms with Gasteiger partial charge in [-0.25, -0.2) is 14.3 Å². The largest absolute Gasteiger partial charge is 0.495 e. The molecule has 0 amide bonds. The van der Waals surface area contributed by atoms with E-state index in [-0.39, 0.29) is 16.9 Å². The second kappa shape index (κ2) is 9.97. The first-order valence-electron chi connectivity index (χ1n) is 12.2. The normalized spacial score (nSPS) is 11.4. The lowest BCUT2D eigenvalue weighted by Gasteiger charge is -2.14. The Morgan fingerprint density at radius 2 is 1.82 bits per heavy atom. The van der Waals surface area contributed by atoms with Crippen LogP contribution in [0.4, 0.5) is 0 Å². The Hall–Kier alpha value is -4.97. The smallest absolute Gasteiger partial charge is 0.337 e. The van der Waals surface area contributed by atoms with Crippen molar-refractivity contribution >= 4 is 45.3 Å². The van der Waals surface area contributed by atoms with Gasteiger partial charge in [0.1, 0.15) is 11.6 Å². The number of carbonyl (C=O) groups excluding carboxylic acids is 1. The minimum Gasteiger partial charge on any atom is -0.495 e. The van der Waals surface area contributed by atoms with E-state index in [1.165, 1.54) is 35.6 Å². The second-order valence-corrected chi connectivity index (χ2v) is 9.92. The molecule has 3 heterocycles. The summed E-state index contributed by atoms with van der Waals surface area (Å²) in [7, 11) is 2.84. The fourth-order valence-corrected chi connectivity index (χ4v) is 5.41. The number of nitrogens with zero attached hydrogens (tertiary/aromatic N) is 5. The molecule has 1 N–H and O–H groups in total. The van der Waals surface area contributed by atoms with E-state index in [9.17, 15) is 14.4 Å². The highest BCUT2D eigenvalue weighted by Gasteiger charge is 2.20. The van der Waals surface area contributed by atoms with Gasteiger partial charge in [-0.2, -0.15) is 0 Å². The van der Waals surface area contributed by atoms with Crippen LogP contribution in [0.1, 0.15) is 21.7 Å². The van der Waals surface area contributed by atoms with E-state index >= 15 is 0 Å². The second-order valence-electron chi connectivity index (χ2n) is 8.98. The number of nitrogens with one attached hydrogen (secondary N) is 1. The highest BCUT2D eigenvalue weighted by molar-refractivity contribution is 7.98. The highest BCUT2D eigenvalue weighted by atomic mass is 32.2. The topological polar surface area (TPSA) is 133 Å². The Labute approximate surface area is 230 Å². The molecule has 0 saturated carbocycles. The predicted octanol–water partition coefficient (Wildman–Crippen LogP) is 3.67. The summed E-state index contributed by atoms with van der Waals surface area (Å²) in [6.07, 6.45) is 0. The van der Waals surface area contributed by atoms with Crippen LogP contribution in [0.15, 0.2) is 75.4 Å². The molecule has 11 nitrogen and oxygen atoms in total. The lowest BCUT2D eigenvalue weighted by molar-refractivity contribution is 0.0601. The summed E-state index contributed by atoms with van der Waals surface area (Å²) in [5, 5.41) is 10.1. The lowest BCUT2D eigenvalue weighted by Crippen LogP contribution is -2.22. The first-order valence-corrected chi connectivity index (χ1v) is 13.2. The van der Waals surface area contributed by atoms with Gasteiger partial charge in [0.25, 0.3) is 11.1 Å². The van der Waals surface area contributed by atoms with Gasteiger partial charge in [0, 0.05) is 0 Å². The number of carbonyl (C=O) groups is 1. The van der Waals surface area contributed by atoms with Crippen molar-refractivity contribution in [3.8, 4) is 11.4 Å². The van der Waals surface area contributed by atoms with Crippen molar-refractivity contribution in [2.24, 2.45) is 0 Å². The number of para-hydroxylation sites is 1. The van der Waals surface area contributed by atoms with Gasteiger partial charge in [-0.3, -0.25) is 14.0 Å². The molecule has 0 atom stereocenters. The van der Waals surface area contributed by atoms with Crippen LogP contribution in [0.5, 0.6) is 5.75 Å². The molecular weight excluding hydrogens is 532 g/mol. The first-order chi connectivity index (χ1) is 19.4. The Kier molecular flexibility index (Phi) is 6.31. The zero-order chi connectivity index (χ0) is 28.0. The molecule has 200 valence electrons. The maximum Gasteiger partial charge on any atom is 0.337 e. The summed E-state index contributed by atoms with van der Waals surface area (Å²) in [6.45, 7) is 1.93. The molecule has 0 bridgehead atoms. The number of methoxy groups -OCH3 is 2. The number of aryl methyl sites for hydroxylation is 1. The average Bonchev–Trinajstić information content (AvgIpc) is 3.39. The molecule has 12 heteroatoms. The van der Waals surface area contributed by atoms with E-state index in [2.05, 4.69) is 20.2 Å². The number of hydrogen-bond acceptors (Lipinski definition) is 9. The van der Waals surface area contributed by atoms with Gasteiger partial charge in [0.05, 0.1) is 53.0 Å². The maximum atomic E-state index is 13.7. The average molecular weight is 555 g/mol. The van der Waals surface area contributed by atoms with Crippen molar-refractivity contribution in [3.63, 3.8) is 0 Å². The van der Waals surface area contributed by atoms with E-state index in [1.807, 2.05) is 37.3 Å². The first kappa shape index (κ1) is 25.3. The SMILES string of the molecule is COC(=O)c1ccc2c(=O)[nH]c(CSc3nnc4n(-c5cc(C)ccc5OC)c(=O)c5ccccc5n34)nc2c1. The van der Waals surface area contributed by atoms with Crippen molar-refractivity contribution in [3.05, 3.63) is 98.3 Å². The minimum absolute atomic E-state index is 0.246. The molecule has 0 saturated heterocycles. The summed E-state index contributed by atoms with van der Waals surface area (Å²) in [4.78, 5) is 45.7. The molecule has 0 spiro atoms. The predicted molar refractivity (Wildman–Crippen MR) is 151 cm³/mol. The number of esters is 1. The van der Waals surface area contributed by atoms with Crippen LogP contribution in [0.3, 0.4) is 0 Å². The third-order valence-corrected chi connectivity index (χ3v) is 7.42. The van der Waals surface area contributed by atoms with Gasteiger partial charge in [-0.05, 0) is 55.0 Å². The van der Waals surface area contributed by atoms with Crippen LogP contribution in [0.2, 0.25) is 0 Å². The third-order valence-electron chi connectivity index (χ3n) is 6.48. The third kappa shape index (κ3) is 4.18. The molecule has 0 fully saturated rings. The van der Waals surface area contributed by atoms with Gasteiger partial charge in [-0.1, -0.05) is 30.0 Å². The van der Waals surface area contributed by atoms with Crippen molar-refractivity contribution < 1.29 is 14.3 Å². The monoisotopic (exact) mass is 554 g/mol. The number of hydrogen-bond donors (Lipinski definition) is 1. The summed E-state index contributed by atoms with van der Waals surface area (Å²) in [6, 6.07) is 17.4. The number of aromatic nitrogens is 6. The van der Waals surface area contributed by atoms with Gasteiger partial charge < -0.3 is 14.5 Å². The minimum atomic E-state index is -0.516. The molecule has 3 aromatic heterocycles. The summed E-state index contributed by atoms with van der Waals surface area (Å²) in [5.74, 6) is 0.955. The quantitative estimate of drug-likeness (QED) is 0.242. The summed E-state index contributed by atoms with van der Waals surface area (Å²) >= 11 is 1.30. The van der Waals surface area contributed by atoms with Gasteiger partial charge in [-0.15, -0.1) is 10.2 Å². The molecule has 0 radical (unpaired) electrons. The fraction of sp³-hybridized carbons (Fsp3) is 0.143. The van der Waals surface area contributed by atoms with Crippen LogP contribution >= 0.6 is 11.8 Å². The van der Waals surface area contributed by atoms with Crippen LogP contribution in [0, 0.1) is 6.92 Å². The van der Waals surface area contributed by atoms with Gasteiger partial charge in [0.15, 0.2) is 5.16 Å². The van der Waals surface area contributed by atoms with E-state index in [0.29, 0.717) is 55.6 Å². The lowest BCUT2D eigenvalue weighted by atomic mass is 10.1. The van der Waals surface area contributed by atoms with E-state index in [1.54, 1.807) is 29.7 Å². The molecule has 0 aliphatic rings. The number of H-pyrrole nitrogens is 1. The zero-order valence-electron chi connectivity index (χ0n) is 21.7. The molecule has 0 aliphatic carbocycles. The van der Waals surface area contributed by atoms with E-state index in [4.69, 9.17) is 9.47 Å². The Balaban J connectivity index is 1.48. The summed E-state index contributed by atoms with van der Waals surface area (Å²) in [5.41, 5.74) is 2.23. The maximum absolute atomic E-state index is 13.7. The number of fused-ring (bicyclic) bond motifs is 4. The van der Waals surface area contributed by atoms with Crippen molar-refractivity contribution in [1.82, 2.24) is 29.1 Å². The number of benzene rings is 3. The van der Waals surface area contributed by atoms with E-state index in [0.717, 1.165) is 5.56 Å². The fourth-order valence-electron chi connectivity index (χ4n) is 4.60. The molecule has 0 aliphatic heterocycles. The Morgan fingerprint density at radius 1 is 1.00 bits per heavy atom.